The van der Waals surface area contributed by atoms with Crippen molar-refractivity contribution in [3.05, 3.63) is 29.6 Å². The van der Waals surface area contributed by atoms with Gasteiger partial charge in [-0.25, -0.2) is 4.39 Å². The van der Waals surface area contributed by atoms with E-state index in [1.165, 1.54) is 26.0 Å². The van der Waals surface area contributed by atoms with Crippen molar-refractivity contribution in [2.24, 2.45) is 5.92 Å². The largest absolute Gasteiger partial charge is 0.496 e. The summed E-state index contributed by atoms with van der Waals surface area (Å²) in [4.78, 5) is 12.1. The Bertz CT molecular complexity index is 409. The van der Waals surface area contributed by atoms with Gasteiger partial charge >= 0.3 is 0 Å². The van der Waals surface area contributed by atoms with Crippen LogP contribution in [-0.4, -0.2) is 12.9 Å². The molecule has 1 aromatic rings. The Balaban J connectivity index is 2.17. The van der Waals surface area contributed by atoms with Crippen LogP contribution < -0.4 is 4.74 Å². The number of benzene rings is 1. The third-order valence-corrected chi connectivity index (χ3v) is 3.42. The molecule has 0 radical (unpaired) electrons. The molecule has 0 amide bonds. The summed E-state index contributed by atoms with van der Waals surface area (Å²) in [6, 6.07) is 4.50. The van der Waals surface area contributed by atoms with Crippen LogP contribution in [-0.2, 0) is 0 Å². The Morgan fingerprint density at radius 3 is 2.76 bits per heavy atom. The maximum atomic E-state index is 13.7. The molecule has 0 spiro atoms. The number of hydrogen-bond acceptors (Lipinski definition) is 2. The van der Waals surface area contributed by atoms with Crippen molar-refractivity contribution in [1.29, 1.82) is 0 Å². The minimum absolute atomic E-state index is 0.113. The molecule has 0 bridgehead atoms. The lowest BCUT2D eigenvalue weighted by atomic mass is 9.96. The van der Waals surface area contributed by atoms with E-state index in [9.17, 15) is 9.18 Å². The summed E-state index contributed by atoms with van der Waals surface area (Å²) in [7, 11) is 1.46. The van der Waals surface area contributed by atoms with E-state index < -0.39 is 5.82 Å². The minimum atomic E-state index is -0.479. The highest BCUT2D eigenvalue weighted by Gasteiger charge is 2.23. The molecule has 2 rings (SSSR count). The van der Waals surface area contributed by atoms with Crippen LogP contribution in [0.4, 0.5) is 4.39 Å². The third kappa shape index (κ3) is 2.65. The van der Waals surface area contributed by atoms with E-state index in [1.54, 1.807) is 12.1 Å². The Morgan fingerprint density at radius 2 is 2.12 bits per heavy atom. The number of halogens is 1. The lowest BCUT2D eigenvalue weighted by Gasteiger charge is -2.11. The molecule has 0 aromatic heterocycles. The molecule has 92 valence electrons. The monoisotopic (exact) mass is 236 g/mol. The molecule has 1 saturated carbocycles. The molecule has 0 N–H and O–H groups in total. The second-order valence-electron chi connectivity index (χ2n) is 4.59. The molecule has 1 fully saturated rings. The van der Waals surface area contributed by atoms with Gasteiger partial charge < -0.3 is 4.74 Å². The standard InChI is InChI=1S/C14H17FO2/c1-17-13-8-4-7-11(15)14(13)12(16)9-10-5-2-3-6-10/h4,7-8,10H,2-3,5-6,9H2,1H3. The van der Waals surface area contributed by atoms with Crippen LogP contribution in [0.15, 0.2) is 18.2 Å². The zero-order valence-electron chi connectivity index (χ0n) is 10.0. The summed E-state index contributed by atoms with van der Waals surface area (Å²) in [5.41, 5.74) is 0.113. The maximum Gasteiger partial charge on any atom is 0.169 e. The maximum absolute atomic E-state index is 13.7. The molecule has 3 heteroatoms. The van der Waals surface area contributed by atoms with Crippen LogP contribution in [0, 0.1) is 11.7 Å². The van der Waals surface area contributed by atoms with E-state index in [2.05, 4.69) is 0 Å². The first kappa shape index (κ1) is 12.1. The highest BCUT2D eigenvalue weighted by Crippen LogP contribution is 2.31. The number of carbonyl (C=O) groups is 1. The van der Waals surface area contributed by atoms with Gasteiger partial charge in [0.15, 0.2) is 5.78 Å². The summed E-state index contributed by atoms with van der Waals surface area (Å²) in [5.74, 6) is 0.152. The summed E-state index contributed by atoms with van der Waals surface area (Å²) in [6.07, 6.45) is 4.99. The van der Waals surface area contributed by atoms with Crippen molar-refractivity contribution in [3.8, 4) is 5.75 Å². The number of ketones is 1. The van der Waals surface area contributed by atoms with Crippen molar-refractivity contribution in [3.63, 3.8) is 0 Å². The molecule has 0 heterocycles. The Kier molecular flexibility index (Phi) is 3.77. The van der Waals surface area contributed by atoms with Crippen LogP contribution in [0.25, 0.3) is 0 Å². The van der Waals surface area contributed by atoms with Crippen LogP contribution in [0.1, 0.15) is 42.5 Å². The zero-order valence-corrected chi connectivity index (χ0v) is 10.0. The number of carbonyl (C=O) groups excluding carboxylic acids is 1. The fourth-order valence-corrected chi connectivity index (χ4v) is 2.52. The minimum Gasteiger partial charge on any atom is -0.496 e. The number of rotatable bonds is 4. The number of hydrogen-bond donors (Lipinski definition) is 0. The van der Waals surface area contributed by atoms with Gasteiger partial charge in [-0.2, -0.15) is 0 Å². The smallest absolute Gasteiger partial charge is 0.169 e. The number of ether oxygens (including phenoxy) is 1. The van der Waals surface area contributed by atoms with Gasteiger partial charge in [0.2, 0.25) is 0 Å². The van der Waals surface area contributed by atoms with Gasteiger partial charge in [-0.15, -0.1) is 0 Å². The van der Waals surface area contributed by atoms with Crippen molar-refractivity contribution in [1.82, 2.24) is 0 Å². The first-order valence-electron chi connectivity index (χ1n) is 6.08. The third-order valence-electron chi connectivity index (χ3n) is 3.42. The second kappa shape index (κ2) is 5.30. The molecule has 17 heavy (non-hydrogen) atoms. The molecule has 1 aromatic carbocycles. The molecule has 0 atom stereocenters. The average Bonchev–Trinajstić information content (AvgIpc) is 2.81. The normalized spacial score (nSPS) is 16.1. The van der Waals surface area contributed by atoms with Crippen LogP contribution in [0.3, 0.4) is 0 Å². The summed E-state index contributed by atoms with van der Waals surface area (Å²) >= 11 is 0. The van der Waals surface area contributed by atoms with Gasteiger partial charge in [0.1, 0.15) is 11.6 Å². The first-order valence-corrected chi connectivity index (χ1v) is 6.08. The first-order chi connectivity index (χ1) is 8.22. The predicted octanol–water partition coefficient (Wildman–Crippen LogP) is 3.60. The van der Waals surface area contributed by atoms with Gasteiger partial charge in [0, 0.05) is 6.42 Å². The van der Waals surface area contributed by atoms with Crippen molar-refractivity contribution >= 4 is 5.78 Å². The fourth-order valence-electron chi connectivity index (χ4n) is 2.52. The molecule has 0 saturated heterocycles. The zero-order chi connectivity index (χ0) is 12.3. The van der Waals surface area contributed by atoms with Crippen molar-refractivity contribution in [2.45, 2.75) is 32.1 Å². The Morgan fingerprint density at radius 1 is 1.41 bits per heavy atom. The van der Waals surface area contributed by atoms with Gasteiger partial charge in [-0.1, -0.05) is 31.7 Å². The number of Topliss-reactive ketones (excluding diaryl/α,β-unsaturated/α-hetero) is 1. The van der Waals surface area contributed by atoms with E-state index in [-0.39, 0.29) is 11.3 Å². The molecule has 1 aliphatic carbocycles. The second-order valence-corrected chi connectivity index (χ2v) is 4.59. The topological polar surface area (TPSA) is 26.3 Å². The van der Waals surface area contributed by atoms with Gasteiger partial charge in [0.05, 0.1) is 12.7 Å². The fraction of sp³-hybridized carbons (Fsp3) is 0.500. The van der Waals surface area contributed by atoms with E-state index in [4.69, 9.17) is 4.74 Å². The van der Waals surface area contributed by atoms with Crippen LogP contribution >= 0.6 is 0 Å². The van der Waals surface area contributed by atoms with E-state index >= 15 is 0 Å². The van der Waals surface area contributed by atoms with E-state index in [1.807, 2.05) is 0 Å². The van der Waals surface area contributed by atoms with Crippen LogP contribution in [0.2, 0.25) is 0 Å². The van der Waals surface area contributed by atoms with Crippen molar-refractivity contribution < 1.29 is 13.9 Å². The Labute approximate surface area is 101 Å². The highest BCUT2D eigenvalue weighted by atomic mass is 19.1. The van der Waals surface area contributed by atoms with Crippen LogP contribution in [0.5, 0.6) is 5.75 Å². The lowest BCUT2D eigenvalue weighted by molar-refractivity contribution is 0.0955. The molecule has 0 unspecified atom stereocenters. The SMILES string of the molecule is COc1cccc(F)c1C(=O)CC1CCCC1. The van der Waals surface area contributed by atoms with Gasteiger partial charge in [-0.3, -0.25) is 4.79 Å². The molecular formula is C14H17FO2. The Hall–Kier alpha value is -1.38. The summed E-state index contributed by atoms with van der Waals surface area (Å²) in [6.45, 7) is 0. The lowest BCUT2D eigenvalue weighted by Crippen LogP contribution is -2.09. The molecular weight excluding hydrogens is 219 g/mol. The quantitative estimate of drug-likeness (QED) is 0.747. The highest BCUT2D eigenvalue weighted by molar-refractivity contribution is 5.99. The van der Waals surface area contributed by atoms with Crippen molar-refractivity contribution in [2.75, 3.05) is 7.11 Å². The predicted molar refractivity (Wildman–Crippen MR) is 63.9 cm³/mol. The molecule has 1 aliphatic rings. The average molecular weight is 236 g/mol. The van der Waals surface area contributed by atoms with E-state index in [0.29, 0.717) is 18.1 Å². The van der Waals surface area contributed by atoms with Gasteiger partial charge in [-0.05, 0) is 18.1 Å². The summed E-state index contributed by atoms with van der Waals surface area (Å²) in [5, 5.41) is 0. The van der Waals surface area contributed by atoms with E-state index in [0.717, 1.165) is 12.8 Å². The summed E-state index contributed by atoms with van der Waals surface area (Å²) < 4.78 is 18.7. The molecule has 2 nitrogen and oxygen atoms in total. The molecule has 0 aliphatic heterocycles. The van der Waals surface area contributed by atoms with Gasteiger partial charge in [0.25, 0.3) is 0 Å². The number of methoxy groups -OCH3 is 1.